The van der Waals surface area contributed by atoms with Crippen LogP contribution < -0.4 is 0 Å². The van der Waals surface area contributed by atoms with Crippen molar-refractivity contribution in [2.24, 2.45) is 0 Å². The third kappa shape index (κ3) is 7.14. The molecule has 0 heterocycles. The topological polar surface area (TPSA) is 74.6 Å². The monoisotopic (exact) mass is 406 g/mol. The SMILES string of the molecule is O=C(O)C=Cc1cc(F)cc(F)c1F.O=C(O)CCc1cc(F)cc(F)c1F. The lowest BCUT2D eigenvalue weighted by molar-refractivity contribution is -0.137. The highest BCUT2D eigenvalue weighted by Gasteiger charge is 2.12. The van der Waals surface area contributed by atoms with Gasteiger partial charge in [0.15, 0.2) is 23.3 Å². The van der Waals surface area contributed by atoms with Crippen molar-refractivity contribution in [1.29, 1.82) is 0 Å². The Balaban J connectivity index is 0.000000280. The summed E-state index contributed by atoms with van der Waals surface area (Å²) in [6, 6.07) is 2.30. The fourth-order valence-electron chi connectivity index (χ4n) is 1.89. The van der Waals surface area contributed by atoms with Gasteiger partial charge in [-0.3, -0.25) is 4.79 Å². The molecule has 2 aromatic carbocycles. The van der Waals surface area contributed by atoms with E-state index in [1.54, 1.807) is 0 Å². The van der Waals surface area contributed by atoms with E-state index in [0.717, 1.165) is 12.1 Å². The Labute approximate surface area is 154 Å². The van der Waals surface area contributed by atoms with Crippen LogP contribution in [0.15, 0.2) is 30.3 Å². The summed E-state index contributed by atoms with van der Waals surface area (Å²) in [5, 5.41) is 16.5. The Bertz CT molecular complexity index is 911. The van der Waals surface area contributed by atoms with Crippen LogP contribution in [0.5, 0.6) is 0 Å². The molecule has 0 bridgehead atoms. The number of benzene rings is 2. The van der Waals surface area contributed by atoms with Crippen molar-refractivity contribution in [2.45, 2.75) is 12.8 Å². The highest BCUT2D eigenvalue weighted by Crippen LogP contribution is 2.16. The second kappa shape index (κ2) is 10.1. The number of halogens is 6. The number of carboxylic acid groups (broad SMARTS) is 2. The van der Waals surface area contributed by atoms with Gasteiger partial charge >= 0.3 is 11.9 Å². The number of hydrogen-bond donors (Lipinski definition) is 2. The van der Waals surface area contributed by atoms with E-state index in [9.17, 15) is 35.9 Å². The fourth-order valence-corrected chi connectivity index (χ4v) is 1.89. The van der Waals surface area contributed by atoms with Gasteiger partial charge in [0.2, 0.25) is 0 Å². The first kappa shape index (κ1) is 22.7. The van der Waals surface area contributed by atoms with Crippen molar-refractivity contribution in [1.82, 2.24) is 0 Å². The molecule has 0 aromatic heterocycles. The molecule has 0 saturated heterocycles. The molecule has 2 N–H and O–H groups in total. The molecule has 0 amide bonds. The predicted octanol–water partition coefficient (Wildman–Crippen LogP) is 4.32. The summed E-state index contributed by atoms with van der Waals surface area (Å²) in [5.74, 6) is -9.46. The van der Waals surface area contributed by atoms with Crippen LogP contribution in [0.3, 0.4) is 0 Å². The van der Waals surface area contributed by atoms with E-state index in [2.05, 4.69) is 0 Å². The maximum Gasteiger partial charge on any atom is 0.328 e. The minimum atomic E-state index is -1.35. The Kier molecular flexibility index (Phi) is 8.24. The van der Waals surface area contributed by atoms with Gasteiger partial charge in [-0.25, -0.2) is 31.1 Å². The molecule has 0 aliphatic rings. The summed E-state index contributed by atoms with van der Waals surface area (Å²) in [5.41, 5.74) is -0.699. The van der Waals surface area contributed by atoms with Crippen molar-refractivity contribution < 1.29 is 46.1 Å². The van der Waals surface area contributed by atoms with Crippen molar-refractivity contribution >= 4 is 18.0 Å². The molecule has 0 spiro atoms. The van der Waals surface area contributed by atoms with Crippen LogP contribution in [0.4, 0.5) is 26.3 Å². The van der Waals surface area contributed by atoms with Gasteiger partial charge in [-0.05, 0) is 30.2 Å². The quantitative estimate of drug-likeness (QED) is 0.441. The fraction of sp³-hybridized carbons (Fsp3) is 0.111. The van der Waals surface area contributed by atoms with Crippen LogP contribution in [0.2, 0.25) is 0 Å². The molecule has 0 aliphatic heterocycles. The summed E-state index contributed by atoms with van der Waals surface area (Å²) in [4.78, 5) is 20.2. The number of rotatable bonds is 5. The molecule has 0 radical (unpaired) electrons. The van der Waals surface area contributed by atoms with Crippen LogP contribution in [-0.2, 0) is 16.0 Å². The van der Waals surface area contributed by atoms with E-state index < -0.39 is 52.4 Å². The summed E-state index contributed by atoms with van der Waals surface area (Å²) in [6.07, 6.45) is 0.788. The van der Waals surface area contributed by atoms with Gasteiger partial charge in [0.25, 0.3) is 0 Å². The van der Waals surface area contributed by atoms with Crippen molar-refractivity contribution in [3.05, 3.63) is 76.4 Å². The summed E-state index contributed by atoms with van der Waals surface area (Å²) in [6.45, 7) is 0. The molecule has 0 fully saturated rings. The molecule has 150 valence electrons. The number of carbonyl (C=O) groups is 2. The second-order valence-corrected chi connectivity index (χ2v) is 5.22. The largest absolute Gasteiger partial charge is 0.481 e. The first-order valence-corrected chi connectivity index (χ1v) is 7.42. The highest BCUT2D eigenvalue weighted by atomic mass is 19.2. The highest BCUT2D eigenvalue weighted by molar-refractivity contribution is 5.85. The van der Waals surface area contributed by atoms with Crippen LogP contribution in [0, 0.1) is 34.9 Å². The minimum absolute atomic E-state index is 0.226. The standard InChI is InChI=1S/C9H7F3O2.C9H5F3O2/c2*10-6-3-5(1-2-8(13)14)9(12)7(11)4-6/h3-4H,1-2H2,(H,13,14);1-4H,(H,13,14). The molecular weight excluding hydrogens is 394 g/mol. The Hall–Kier alpha value is -3.30. The lowest BCUT2D eigenvalue weighted by Gasteiger charge is -2.02. The Morgan fingerprint density at radius 1 is 0.821 bits per heavy atom. The zero-order valence-electron chi connectivity index (χ0n) is 13.9. The van der Waals surface area contributed by atoms with Crippen LogP contribution in [-0.4, -0.2) is 22.2 Å². The van der Waals surface area contributed by atoms with Crippen molar-refractivity contribution in [3.63, 3.8) is 0 Å². The Morgan fingerprint density at radius 2 is 1.36 bits per heavy atom. The van der Waals surface area contributed by atoms with E-state index >= 15 is 0 Å². The number of carboxylic acids is 2. The number of aliphatic carboxylic acids is 2. The number of hydrogen-bond acceptors (Lipinski definition) is 2. The third-order valence-electron chi connectivity index (χ3n) is 3.10. The molecule has 0 atom stereocenters. The van der Waals surface area contributed by atoms with E-state index in [1.165, 1.54) is 0 Å². The molecule has 0 saturated carbocycles. The molecule has 2 aromatic rings. The summed E-state index contributed by atoms with van der Waals surface area (Å²) in [7, 11) is 0. The second-order valence-electron chi connectivity index (χ2n) is 5.22. The lowest BCUT2D eigenvalue weighted by Crippen LogP contribution is -2.01. The zero-order valence-corrected chi connectivity index (χ0v) is 13.9. The molecule has 10 heteroatoms. The normalized spacial score (nSPS) is 10.5. The molecule has 28 heavy (non-hydrogen) atoms. The minimum Gasteiger partial charge on any atom is -0.481 e. The zero-order chi connectivity index (χ0) is 21.4. The average Bonchev–Trinajstić information content (AvgIpc) is 2.59. The van der Waals surface area contributed by atoms with Crippen molar-refractivity contribution in [3.8, 4) is 0 Å². The first-order chi connectivity index (χ1) is 13.0. The van der Waals surface area contributed by atoms with Gasteiger partial charge in [-0.2, -0.15) is 0 Å². The molecular formula is C18H12F6O4. The van der Waals surface area contributed by atoms with Crippen molar-refractivity contribution in [2.75, 3.05) is 0 Å². The lowest BCUT2D eigenvalue weighted by atomic mass is 10.1. The average molecular weight is 406 g/mol. The third-order valence-corrected chi connectivity index (χ3v) is 3.10. The molecule has 2 rings (SSSR count). The van der Waals surface area contributed by atoms with E-state index in [0.29, 0.717) is 24.3 Å². The maximum absolute atomic E-state index is 12.9. The van der Waals surface area contributed by atoms with Gasteiger partial charge in [-0.15, -0.1) is 0 Å². The predicted molar refractivity (Wildman–Crippen MR) is 85.3 cm³/mol. The molecule has 0 aliphatic carbocycles. The van der Waals surface area contributed by atoms with E-state index in [-0.39, 0.29) is 18.4 Å². The van der Waals surface area contributed by atoms with Crippen LogP contribution in [0.1, 0.15) is 17.5 Å². The van der Waals surface area contributed by atoms with Gasteiger partial charge in [-0.1, -0.05) is 0 Å². The summed E-state index contributed by atoms with van der Waals surface area (Å²) >= 11 is 0. The first-order valence-electron chi connectivity index (χ1n) is 7.42. The van der Waals surface area contributed by atoms with Gasteiger partial charge in [0.05, 0.1) is 0 Å². The van der Waals surface area contributed by atoms with Gasteiger partial charge in [0.1, 0.15) is 11.6 Å². The van der Waals surface area contributed by atoms with Gasteiger partial charge in [0, 0.05) is 30.2 Å². The van der Waals surface area contributed by atoms with Gasteiger partial charge < -0.3 is 10.2 Å². The molecule has 4 nitrogen and oxygen atoms in total. The summed E-state index contributed by atoms with van der Waals surface area (Å²) < 4.78 is 76.0. The maximum atomic E-state index is 12.9. The smallest absolute Gasteiger partial charge is 0.328 e. The van der Waals surface area contributed by atoms with Crippen LogP contribution in [0.25, 0.3) is 6.08 Å². The number of aryl methyl sites for hydroxylation is 1. The van der Waals surface area contributed by atoms with Crippen LogP contribution >= 0.6 is 0 Å². The van der Waals surface area contributed by atoms with E-state index in [4.69, 9.17) is 10.2 Å². The molecule has 0 unspecified atom stereocenters. The Morgan fingerprint density at radius 3 is 1.89 bits per heavy atom. The van der Waals surface area contributed by atoms with E-state index in [1.807, 2.05) is 0 Å².